The van der Waals surface area contributed by atoms with Crippen LogP contribution in [0.15, 0.2) is 79.3 Å². The number of hydrogen-bond donors (Lipinski definition) is 3. The highest BCUT2D eigenvalue weighted by Crippen LogP contribution is 2.25. The van der Waals surface area contributed by atoms with Crippen LogP contribution >= 0.6 is 0 Å². The van der Waals surface area contributed by atoms with Gasteiger partial charge in [0.2, 0.25) is 0 Å². The molecule has 5 rings (SSSR count). The number of nitrogens with one attached hydrogen (secondary N) is 1. The summed E-state index contributed by atoms with van der Waals surface area (Å²) in [5.41, 5.74) is 3.36. The van der Waals surface area contributed by atoms with Crippen LogP contribution in [-0.2, 0) is 22.6 Å². The fourth-order valence-electron chi connectivity index (χ4n) is 4.21. The summed E-state index contributed by atoms with van der Waals surface area (Å²) >= 11 is 0. The fourth-order valence-corrected chi connectivity index (χ4v) is 4.21. The number of benzene rings is 2. The van der Waals surface area contributed by atoms with Crippen molar-refractivity contribution in [3.05, 3.63) is 102 Å². The van der Waals surface area contributed by atoms with E-state index in [1.54, 1.807) is 30.5 Å². The van der Waals surface area contributed by atoms with E-state index in [0.717, 1.165) is 24.3 Å². The van der Waals surface area contributed by atoms with Crippen molar-refractivity contribution in [2.75, 3.05) is 6.54 Å². The second-order valence-corrected chi connectivity index (χ2v) is 8.25. The Bertz CT molecular complexity index is 1430. The zero-order valence-electron chi connectivity index (χ0n) is 19.7. The molecular formula is C27H24N4O6. The number of rotatable bonds is 8. The maximum Gasteiger partial charge on any atom is 0.328 e. The summed E-state index contributed by atoms with van der Waals surface area (Å²) < 4.78 is 2.20. The van der Waals surface area contributed by atoms with Crippen LogP contribution < -0.4 is 0 Å². The predicted molar refractivity (Wildman–Crippen MR) is 134 cm³/mol. The monoisotopic (exact) mass is 500 g/mol. The molecule has 0 aliphatic carbocycles. The number of aryl methyl sites for hydroxylation is 1. The number of aromatic amines is 1. The molecule has 0 fully saturated rings. The lowest BCUT2D eigenvalue weighted by Gasteiger charge is -2.14. The molecule has 2 aromatic heterocycles. The van der Waals surface area contributed by atoms with Gasteiger partial charge in [-0.15, -0.1) is 0 Å². The van der Waals surface area contributed by atoms with Crippen molar-refractivity contribution < 1.29 is 29.4 Å². The molecule has 4 aromatic rings. The van der Waals surface area contributed by atoms with Crippen molar-refractivity contribution in [3.63, 3.8) is 0 Å². The largest absolute Gasteiger partial charge is 0.478 e. The number of para-hydroxylation sites is 1. The van der Waals surface area contributed by atoms with Crippen molar-refractivity contribution in [1.29, 1.82) is 0 Å². The van der Waals surface area contributed by atoms with Crippen LogP contribution in [0.2, 0.25) is 0 Å². The van der Waals surface area contributed by atoms with E-state index < -0.39 is 11.9 Å². The summed E-state index contributed by atoms with van der Waals surface area (Å²) in [7, 11) is 0. The molecule has 188 valence electrons. The molecule has 0 atom stereocenters. The first-order valence-electron chi connectivity index (χ1n) is 11.5. The minimum Gasteiger partial charge on any atom is -0.478 e. The molecular weight excluding hydrogens is 476 g/mol. The minimum absolute atomic E-state index is 0.193. The number of carbonyl (C=O) groups is 4. The van der Waals surface area contributed by atoms with E-state index in [1.807, 2.05) is 18.3 Å². The van der Waals surface area contributed by atoms with E-state index in [-0.39, 0.29) is 11.8 Å². The number of carboxylic acids is 2. The molecule has 3 N–H and O–H groups in total. The second kappa shape index (κ2) is 11.2. The highest BCUT2D eigenvalue weighted by atomic mass is 16.4. The molecule has 0 bridgehead atoms. The van der Waals surface area contributed by atoms with Gasteiger partial charge in [0.05, 0.1) is 11.1 Å². The molecule has 1 aliphatic rings. The van der Waals surface area contributed by atoms with Crippen LogP contribution in [0.5, 0.6) is 0 Å². The van der Waals surface area contributed by atoms with Crippen LogP contribution in [0.3, 0.4) is 0 Å². The number of nitrogens with zero attached hydrogens (tertiary/aromatic N) is 3. The molecule has 2 amide bonds. The lowest BCUT2D eigenvalue weighted by atomic mass is 10.1. The maximum absolute atomic E-state index is 12.5. The van der Waals surface area contributed by atoms with Crippen LogP contribution in [0.1, 0.15) is 38.5 Å². The third-order valence-corrected chi connectivity index (χ3v) is 5.81. The summed E-state index contributed by atoms with van der Waals surface area (Å²) in [5.74, 6) is -1.97. The second-order valence-electron chi connectivity index (χ2n) is 8.25. The highest BCUT2D eigenvalue weighted by molar-refractivity contribution is 6.21. The van der Waals surface area contributed by atoms with Crippen LogP contribution in [-0.4, -0.2) is 59.9 Å². The molecule has 0 unspecified atom stereocenters. The summed E-state index contributed by atoms with van der Waals surface area (Å²) in [6.45, 7) is 1.14. The average Bonchev–Trinajstić information content (AvgIpc) is 3.59. The van der Waals surface area contributed by atoms with Gasteiger partial charge in [-0.05, 0) is 30.2 Å². The van der Waals surface area contributed by atoms with Gasteiger partial charge in [-0.1, -0.05) is 30.3 Å². The Hall–Kier alpha value is -4.99. The number of hydrogen-bond acceptors (Lipinski definition) is 5. The molecule has 2 aromatic carbocycles. The van der Waals surface area contributed by atoms with Gasteiger partial charge >= 0.3 is 11.9 Å². The quantitative estimate of drug-likeness (QED) is 0.248. The number of carbonyl (C=O) groups excluding carboxylic acids is 2. The number of carboxylic acid groups (broad SMARTS) is 2. The number of aliphatic carboxylic acids is 2. The topological polar surface area (TPSA) is 146 Å². The molecule has 0 saturated heterocycles. The Balaban J connectivity index is 0.000000349. The minimum atomic E-state index is -1.26. The molecule has 0 spiro atoms. The van der Waals surface area contributed by atoms with Gasteiger partial charge in [-0.2, -0.15) is 0 Å². The van der Waals surface area contributed by atoms with Gasteiger partial charge in [0.1, 0.15) is 5.82 Å². The van der Waals surface area contributed by atoms with Gasteiger partial charge in [0.25, 0.3) is 11.8 Å². The van der Waals surface area contributed by atoms with Crippen molar-refractivity contribution >= 4 is 34.7 Å². The van der Waals surface area contributed by atoms with Crippen LogP contribution in [0.25, 0.3) is 10.9 Å². The molecule has 10 nitrogen and oxygen atoms in total. The Kier molecular flexibility index (Phi) is 7.58. The first-order valence-corrected chi connectivity index (χ1v) is 11.5. The normalized spacial score (nSPS) is 12.6. The Morgan fingerprint density at radius 1 is 0.892 bits per heavy atom. The van der Waals surface area contributed by atoms with Crippen LogP contribution in [0.4, 0.5) is 0 Å². The lowest BCUT2D eigenvalue weighted by Crippen LogP contribution is -2.31. The van der Waals surface area contributed by atoms with E-state index in [1.165, 1.54) is 15.8 Å². The SMILES string of the molecule is O=C(O)/C=C/C(=O)O.O=C1c2ccccc2C(=O)N1CCCn1cc(Cc2ncc[nH]2)c2ccccc21. The van der Waals surface area contributed by atoms with Crippen molar-refractivity contribution in [3.8, 4) is 0 Å². The van der Waals surface area contributed by atoms with E-state index in [4.69, 9.17) is 10.2 Å². The number of imidazole rings is 1. The van der Waals surface area contributed by atoms with E-state index in [9.17, 15) is 19.2 Å². The summed E-state index contributed by atoms with van der Waals surface area (Å²) in [6, 6.07) is 15.3. The van der Waals surface area contributed by atoms with Crippen LogP contribution in [0, 0.1) is 0 Å². The lowest BCUT2D eigenvalue weighted by molar-refractivity contribution is -0.134. The predicted octanol–water partition coefficient (Wildman–Crippen LogP) is 3.35. The van der Waals surface area contributed by atoms with Gasteiger partial charge in [-0.25, -0.2) is 14.6 Å². The molecule has 3 heterocycles. The number of imide groups is 1. The van der Waals surface area contributed by atoms with Gasteiger partial charge in [0, 0.05) is 61.2 Å². The van der Waals surface area contributed by atoms with E-state index >= 15 is 0 Å². The maximum atomic E-state index is 12.5. The van der Waals surface area contributed by atoms with Crippen molar-refractivity contribution in [1.82, 2.24) is 19.4 Å². The van der Waals surface area contributed by atoms with Crippen molar-refractivity contribution in [2.45, 2.75) is 19.4 Å². The van der Waals surface area contributed by atoms with Gasteiger partial charge in [0.15, 0.2) is 0 Å². The van der Waals surface area contributed by atoms with Crippen molar-refractivity contribution in [2.24, 2.45) is 0 Å². The standard InChI is InChI=1S/C23H20N4O2.C4H4O4/c28-22-18-7-1-2-8-19(18)23(29)27(22)13-5-12-26-15-16(14-21-24-10-11-25-21)17-6-3-4-9-20(17)26;5-3(6)1-2-4(7)8/h1-4,6-11,15H,5,12-14H2,(H,24,25);1-2H,(H,5,6)(H,7,8)/b;2-1+. The highest BCUT2D eigenvalue weighted by Gasteiger charge is 2.34. The fraction of sp³-hybridized carbons (Fsp3) is 0.148. The third kappa shape index (κ3) is 5.81. The number of amides is 2. The third-order valence-electron chi connectivity index (χ3n) is 5.81. The first-order chi connectivity index (χ1) is 17.8. The Morgan fingerprint density at radius 2 is 1.51 bits per heavy atom. The summed E-state index contributed by atoms with van der Waals surface area (Å²) in [6.07, 6.45) is 8.29. The molecule has 10 heteroatoms. The summed E-state index contributed by atoms with van der Waals surface area (Å²) in [4.78, 5) is 53.0. The summed E-state index contributed by atoms with van der Waals surface area (Å²) in [5, 5.41) is 16.8. The smallest absolute Gasteiger partial charge is 0.328 e. The van der Waals surface area contributed by atoms with Gasteiger partial charge < -0.3 is 19.8 Å². The molecule has 0 radical (unpaired) electrons. The Labute approximate surface area is 211 Å². The van der Waals surface area contributed by atoms with E-state index in [0.29, 0.717) is 36.2 Å². The number of H-pyrrole nitrogens is 1. The average molecular weight is 501 g/mol. The molecule has 0 saturated carbocycles. The molecule has 37 heavy (non-hydrogen) atoms. The Morgan fingerprint density at radius 3 is 2.11 bits per heavy atom. The number of aromatic nitrogens is 3. The first kappa shape index (κ1) is 25.1. The number of fused-ring (bicyclic) bond motifs is 2. The zero-order chi connectivity index (χ0) is 26.4. The van der Waals surface area contributed by atoms with Gasteiger partial charge in [-0.3, -0.25) is 14.5 Å². The van der Waals surface area contributed by atoms with E-state index in [2.05, 4.69) is 32.9 Å². The molecule has 1 aliphatic heterocycles. The zero-order valence-corrected chi connectivity index (χ0v) is 19.7.